The van der Waals surface area contributed by atoms with Gasteiger partial charge in [-0.15, -0.1) is 0 Å². The van der Waals surface area contributed by atoms with Crippen molar-refractivity contribution >= 4 is 21.2 Å². The summed E-state index contributed by atoms with van der Waals surface area (Å²) in [7, 11) is -2.97. The van der Waals surface area contributed by atoms with Gasteiger partial charge in [0.1, 0.15) is 21.3 Å². The zero-order chi connectivity index (χ0) is 14.0. The van der Waals surface area contributed by atoms with Crippen LogP contribution in [0.5, 0.6) is 0 Å². The molecule has 104 valence electrons. The maximum absolute atomic E-state index is 13.0. The van der Waals surface area contributed by atoms with E-state index in [2.05, 4.69) is 5.32 Å². The summed E-state index contributed by atoms with van der Waals surface area (Å²) < 4.78 is 35.5. The first-order valence-electron chi connectivity index (χ1n) is 5.78. The van der Waals surface area contributed by atoms with Gasteiger partial charge in [-0.05, 0) is 25.0 Å². The van der Waals surface area contributed by atoms with Crippen LogP contribution in [0.3, 0.4) is 0 Å². The van der Waals surface area contributed by atoms with E-state index in [4.69, 9.17) is 0 Å². The molecule has 0 bridgehead atoms. The van der Waals surface area contributed by atoms with Crippen molar-refractivity contribution < 1.29 is 17.7 Å². The largest absolute Gasteiger partial charge is 0.377 e. The molecule has 19 heavy (non-hydrogen) atoms. The van der Waals surface area contributed by atoms with E-state index in [-0.39, 0.29) is 28.9 Å². The van der Waals surface area contributed by atoms with Gasteiger partial charge in [-0.2, -0.15) is 0 Å². The molecule has 1 fully saturated rings. The minimum Gasteiger partial charge on any atom is -0.377 e. The first-order valence-corrected chi connectivity index (χ1v) is 7.60. The highest BCUT2D eigenvalue weighted by molar-refractivity contribution is 7.91. The molecular formula is C11H13FN2O4S. The van der Waals surface area contributed by atoms with Crippen LogP contribution in [0, 0.1) is 15.9 Å². The average molecular weight is 288 g/mol. The lowest BCUT2D eigenvalue weighted by atomic mass is 10.1. The Hall–Kier alpha value is -1.70. The Labute approximate surface area is 109 Å². The molecular weight excluding hydrogens is 275 g/mol. The third kappa shape index (κ3) is 3.40. The van der Waals surface area contributed by atoms with E-state index in [0.717, 1.165) is 12.1 Å². The quantitative estimate of drug-likeness (QED) is 0.675. The van der Waals surface area contributed by atoms with Crippen molar-refractivity contribution in [2.75, 3.05) is 16.8 Å². The summed E-state index contributed by atoms with van der Waals surface area (Å²) in [5, 5.41) is 13.7. The number of nitro benzene ring substituents is 1. The smallest absolute Gasteiger partial charge is 0.295 e. The summed E-state index contributed by atoms with van der Waals surface area (Å²) in [4.78, 5) is 10.2. The second-order valence-electron chi connectivity index (χ2n) is 4.49. The molecule has 1 N–H and O–H groups in total. The van der Waals surface area contributed by atoms with E-state index >= 15 is 0 Å². The van der Waals surface area contributed by atoms with Gasteiger partial charge in [-0.3, -0.25) is 10.1 Å². The van der Waals surface area contributed by atoms with Gasteiger partial charge in [0.05, 0.1) is 22.5 Å². The lowest BCUT2D eigenvalue weighted by Crippen LogP contribution is -2.32. The topological polar surface area (TPSA) is 89.3 Å². The predicted molar refractivity (Wildman–Crippen MR) is 68.4 cm³/mol. The van der Waals surface area contributed by atoms with Crippen LogP contribution in [0.4, 0.5) is 15.8 Å². The first kappa shape index (κ1) is 13.7. The first-order chi connectivity index (χ1) is 8.87. The number of anilines is 1. The highest BCUT2D eigenvalue weighted by atomic mass is 32.2. The number of hydrogen-bond acceptors (Lipinski definition) is 5. The van der Waals surface area contributed by atoms with Crippen LogP contribution in [0.1, 0.15) is 12.8 Å². The van der Waals surface area contributed by atoms with Crippen LogP contribution in [-0.4, -0.2) is 30.9 Å². The van der Waals surface area contributed by atoms with Crippen molar-refractivity contribution in [2.45, 2.75) is 18.9 Å². The van der Waals surface area contributed by atoms with E-state index in [0.29, 0.717) is 12.8 Å². The van der Waals surface area contributed by atoms with E-state index in [1.165, 1.54) is 6.07 Å². The van der Waals surface area contributed by atoms with Gasteiger partial charge in [-0.25, -0.2) is 12.8 Å². The van der Waals surface area contributed by atoms with Crippen molar-refractivity contribution in [3.63, 3.8) is 0 Å². The molecule has 0 aliphatic carbocycles. The number of rotatable bonds is 3. The highest BCUT2D eigenvalue weighted by Crippen LogP contribution is 2.27. The van der Waals surface area contributed by atoms with Gasteiger partial charge in [0.15, 0.2) is 0 Å². The number of hydrogen-bond donors (Lipinski definition) is 1. The van der Waals surface area contributed by atoms with Gasteiger partial charge in [0.25, 0.3) is 5.69 Å². The van der Waals surface area contributed by atoms with Gasteiger partial charge in [0.2, 0.25) is 0 Å². The standard InChI is InChI=1S/C11H13FN2O4S/c12-8-1-2-10(11(7-8)14(15)16)13-9-3-5-19(17,18)6-4-9/h1-2,7,9,13H,3-6H2. The maximum atomic E-state index is 13.0. The normalized spacial score (nSPS) is 19.0. The van der Waals surface area contributed by atoms with E-state index in [1.54, 1.807) is 0 Å². The molecule has 0 saturated carbocycles. The molecule has 0 amide bonds. The van der Waals surface area contributed by atoms with Crippen LogP contribution in [-0.2, 0) is 9.84 Å². The van der Waals surface area contributed by atoms with Crippen molar-refractivity contribution in [3.05, 3.63) is 34.1 Å². The molecule has 8 heteroatoms. The molecule has 6 nitrogen and oxygen atoms in total. The molecule has 0 radical (unpaired) electrons. The predicted octanol–water partition coefficient (Wildman–Crippen LogP) is 1.72. The molecule has 1 aliphatic rings. The molecule has 1 saturated heterocycles. The number of halogens is 1. The van der Waals surface area contributed by atoms with Gasteiger partial charge in [0, 0.05) is 6.04 Å². The number of nitro groups is 1. The molecule has 0 atom stereocenters. The third-order valence-electron chi connectivity index (χ3n) is 3.07. The second kappa shape index (κ2) is 5.12. The molecule has 0 unspecified atom stereocenters. The lowest BCUT2D eigenvalue weighted by Gasteiger charge is -2.23. The van der Waals surface area contributed by atoms with E-state index in [1.807, 2.05) is 0 Å². The van der Waals surface area contributed by atoms with E-state index < -0.39 is 20.6 Å². The van der Waals surface area contributed by atoms with Crippen molar-refractivity contribution in [3.8, 4) is 0 Å². The Bertz CT molecular complexity index is 589. The van der Waals surface area contributed by atoms with Crippen molar-refractivity contribution in [1.29, 1.82) is 0 Å². The fourth-order valence-electron chi connectivity index (χ4n) is 2.03. The fraction of sp³-hybridized carbons (Fsp3) is 0.455. The molecule has 1 aromatic carbocycles. The van der Waals surface area contributed by atoms with Crippen LogP contribution in [0.25, 0.3) is 0 Å². The third-order valence-corrected chi connectivity index (χ3v) is 4.79. The maximum Gasteiger partial charge on any atom is 0.295 e. The fourth-order valence-corrected chi connectivity index (χ4v) is 3.52. The minimum atomic E-state index is -2.97. The molecule has 1 aliphatic heterocycles. The van der Waals surface area contributed by atoms with Crippen molar-refractivity contribution in [1.82, 2.24) is 0 Å². The number of nitrogens with zero attached hydrogens (tertiary/aromatic N) is 1. The summed E-state index contributed by atoms with van der Waals surface area (Å²) >= 11 is 0. The average Bonchev–Trinajstić information content (AvgIpc) is 2.33. The Morgan fingerprint density at radius 3 is 2.53 bits per heavy atom. The number of nitrogens with one attached hydrogen (secondary N) is 1. The summed E-state index contributed by atoms with van der Waals surface area (Å²) in [5.41, 5.74) is -0.121. The van der Waals surface area contributed by atoms with Crippen molar-refractivity contribution in [2.24, 2.45) is 0 Å². The number of sulfone groups is 1. The number of benzene rings is 1. The highest BCUT2D eigenvalue weighted by Gasteiger charge is 2.25. The second-order valence-corrected chi connectivity index (χ2v) is 6.79. The van der Waals surface area contributed by atoms with Gasteiger partial charge >= 0.3 is 0 Å². The summed E-state index contributed by atoms with van der Waals surface area (Å²) in [6.07, 6.45) is 0.799. The summed E-state index contributed by atoms with van der Waals surface area (Å²) in [5.74, 6) is -0.539. The van der Waals surface area contributed by atoms with Gasteiger partial charge < -0.3 is 5.32 Å². The minimum absolute atomic E-state index is 0.0691. The molecule has 1 heterocycles. The Morgan fingerprint density at radius 1 is 1.32 bits per heavy atom. The summed E-state index contributed by atoms with van der Waals surface area (Å²) in [6.45, 7) is 0. The van der Waals surface area contributed by atoms with Crippen LogP contribution in [0.15, 0.2) is 18.2 Å². The molecule has 0 spiro atoms. The lowest BCUT2D eigenvalue weighted by molar-refractivity contribution is -0.384. The Kier molecular flexibility index (Phi) is 3.70. The van der Waals surface area contributed by atoms with Gasteiger partial charge in [-0.1, -0.05) is 0 Å². The zero-order valence-corrected chi connectivity index (χ0v) is 10.8. The summed E-state index contributed by atoms with van der Waals surface area (Å²) in [6, 6.07) is 3.14. The Morgan fingerprint density at radius 2 is 1.95 bits per heavy atom. The molecule has 1 aromatic rings. The van der Waals surface area contributed by atoms with E-state index in [9.17, 15) is 22.9 Å². The van der Waals surface area contributed by atoms with Crippen LogP contribution in [0.2, 0.25) is 0 Å². The Balaban J connectivity index is 2.14. The van der Waals surface area contributed by atoms with Crippen LogP contribution < -0.4 is 5.32 Å². The SMILES string of the molecule is O=[N+]([O-])c1cc(F)ccc1NC1CCS(=O)(=O)CC1. The molecule has 2 rings (SSSR count). The molecule has 0 aromatic heterocycles. The van der Waals surface area contributed by atoms with Crippen LogP contribution >= 0.6 is 0 Å². The monoisotopic (exact) mass is 288 g/mol. The zero-order valence-electron chi connectivity index (χ0n) is 10.0.